The Morgan fingerprint density at radius 3 is 3.00 bits per heavy atom. The van der Waals surface area contributed by atoms with Crippen molar-refractivity contribution >= 4 is 11.5 Å². The summed E-state index contributed by atoms with van der Waals surface area (Å²) in [4.78, 5) is 7.14. The third kappa shape index (κ3) is 1.55. The predicted octanol–water partition coefficient (Wildman–Crippen LogP) is 2.60. The van der Waals surface area contributed by atoms with E-state index >= 15 is 0 Å². The van der Waals surface area contributed by atoms with Crippen molar-refractivity contribution in [2.24, 2.45) is 0 Å². The Kier molecular flexibility index (Phi) is 2.46. The van der Waals surface area contributed by atoms with Crippen LogP contribution < -0.4 is 9.64 Å². The van der Waals surface area contributed by atoms with Crippen LogP contribution in [-0.2, 0) is 0 Å². The van der Waals surface area contributed by atoms with E-state index in [0.29, 0.717) is 18.1 Å². The van der Waals surface area contributed by atoms with Gasteiger partial charge < -0.3 is 9.64 Å². The third-order valence-electron chi connectivity index (χ3n) is 4.62. The number of nitrogens with zero attached hydrogens (tertiary/aromatic N) is 4. The van der Waals surface area contributed by atoms with Gasteiger partial charge in [-0.2, -0.15) is 5.10 Å². The molecule has 3 heterocycles. The summed E-state index contributed by atoms with van der Waals surface area (Å²) in [5.74, 6) is 2.25. The van der Waals surface area contributed by atoms with Crippen LogP contribution >= 0.6 is 0 Å². The molecule has 1 fully saturated rings. The van der Waals surface area contributed by atoms with E-state index in [1.807, 2.05) is 16.9 Å². The quantitative estimate of drug-likeness (QED) is 0.800. The van der Waals surface area contributed by atoms with Gasteiger partial charge in [0, 0.05) is 12.6 Å². The summed E-state index contributed by atoms with van der Waals surface area (Å²) >= 11 is 0. The van der Waals surface area contributed by atoms with Gasteiger partial charge in [-0.25, -0.2) is 9.50 Å². The molecule has 4 rings (SSSR count). The minimum atomic E-state index is 0.312. The van der Waals surface area contributed by atoms with Crippen LogP contribution in [-0.4, -0.2) is 33.8 Å². The minimum Gasteiger partial charge on any atom is -0.483 e. The standard InChI is InChI=1S/C15H20N4O/c1-9(2)10-7-16-19-8-13-15(17-14(10)19)18(3)11-5-4-6-12(11)20-13/h7-9,11-12H,4-6H2,1-3H3/t11-,12-/m1/s1. The maximum atomic E-state index is 6.14. The van der Waals surface area contributed by atoms with Crippen molar-refractivity contribution in [1.29, 1.82) is 0 Å². The molecular weight excluding hydrogens is 252 g/mol. The number of hydrogen-bond acceptors (Lipinski definition) is 4. The molecule has 5 nitrogen and oxygen atoms in total. The van der Waals surface area contributed by atoms with Crippen LogP contribution in [0.5, 0.6) is 5.75 Å². The number of likely N-dealkylation sites (N-methyl/N-ethyl adjacent to an activating group) is 1. The van der Waals surface area contributed by atoms with Gasteiger partial charge in [-0.3, -0.25) is 0 Å². The van der Waals surface area contributed by atoms with Gasteiger partial charge >= 0.3 is 0 Å². The number of rotatable bonds is 1. The van der Waals surface area contributed by atoms with Crippen LogP contribution in [0.3, 0.4) is 0 Å². The highest BCUT2D eigenvalue weighted by Crippen LogP contribution is 2.40. The van der Waals surface area contributed by atoms with Crippen molar-refractivity contribution in [2.75, 3.05) is 11.9 Å². The minimum absolute atomic E-state index is 0.312. The lowest BCUT2D eigenvalue weighted by Crippen LogP contribution is -2.44. The Hall–Kier alpha value is -1.78. The molecule has 0 aromatic carbocycles. The Morgan fingerprint density at radius 2 is 2.20 bits per heavy atom. The van der Waals surface area contributed by atoms with Crippen molar-refractivity contribution in [3.8, 4) is 5.75 Å². The average Bonchev–Trinajstić information content (AvgIpc) is 3.02. The van der Waals surface area contributed by atoms with Crippen molar-refractivity contribution in [2.45, 2.75) is 51.2 Å². The van der Waals surface area contributed by atoms with E-state index in [-0.39, 0.29) is 0 Å². The summed E-state index contributed by atoms with van der Waals surface area (Å²) in [7, 11) is 2.14. The Morgan fingerprint density at radius 1 is 1.35 bits per heavy atom. The van der Waals surface area contributed by atoms with Gasteiger partial charge in [0.2, 0.25) is 0 Å². The zero-order chi connectivity index (χ0) is 13.9. The van der Waals surface area contributed by atoms with Gasteiger partial charge in [-0.15, -0.1) is 0 Å². The summed E-state index contributed by atoms with van der Waals surface area (Å²) in [5.41, 5.74) is 2.14. The zero-order valence-electron chi connectivity index (χ0n) is 12.2. The molecule has 106 valence electrons. The normalized spacial score (nSPS) is 24.9. The highest BCUT2D eigenvalue weighted by Gasteiger charge is 2.38. The molecule has 0 amide bonds. The molecule has 0 radical (unpaired) electrons. The summed E-state index contributed by atoms with van der Waals surface area (Å²) < 4.78 is 7.98. The fourth-order valence-electron chi connectivity index (χ4n) is 3.45. The van der Waals surface area contributed by atoms with E-state index < -0.39 is 0 Å². The highest BCUT2D eigenvalue weighted by atomic mass is 16.5. The fourth-order valence-corrected chi connectivity index (χ4v) is 3.45. The molecule has 1 aliphatic carbocycles. The first kappa shape index (κ1) is 12.0. The fraction of sp³-hybridized carbons (Fsp3) is 0.600. The summed E-state index contributed by atoms with van der Waals surface area (Å²) in [6, 6.07) is 0.475. The monoisotopic (exact) mass is 272 g/mol. The molecule has 0 spiro atoms. The Bertz CT molecular complexity index is 663. The van der Waals surface area contributed by atoms with Crippen molar-refractivity contribution in [1.82, 2.24) is 14.6 Å². The second-order valence-electron chi connectivity index (χ2n) is 6.22. The molecule has 5 heteroatoms. The third-order valence-corrected chi connectivity index (χ3v) is 4.62. The van der Waals surface area contributed by atoms with Crippen molar-refractivity contribution in [3.63, 3.8) is 0 Å². The molecule has 20 heavy (non-hydrogen) atoms. The lowest BCUT2D eigenvalue weighted by atomic mass is 10.1. The van der Waals surface area contributed by atoms with E-state index in [9.17, 15) is 0 Å². The van der Waals surface area contributed by atoms with E-state index in [0.717, 1.165) is 23.6 Å². The van der Waals surface area contributed by atoms with Gasteiger partial charge in [-0.05, 0) is 25.2 Å². The molecule has 1 aliphatic heterocycles. The molecule has 2 aliphatic rings. The average molecular weight is 272 g/mol. The van der Waals surface area contributed by atoms with Crippen LogP contribution in [0.1, 0.15) is 44.6 Å². The molecule has 0 bridgehead atoms. The molecule has 0 saturated heterocycles. The van der Waals surface area contributed by atoms with Gasteiger partial charge in [0.15, 0.2) is 17.2 Å². The predicted molar refractivity (Wildman–Crippen MR) is 77.5 cm³/mol. The van der Waals surface area contributed by atoms with Gasteiger partial charge in [0.25, 0.3) is 0 Å². The van der Waals surface area contributed by atoms with Crippen molar-refractivity contribution < 1.29 is 4.74 Å². The topological polar surface area (TPSA) is 42.7 Å². The molecule has 1 saturated carbocycles. The summed E-state index contributed by atoms with van der Waals surface area (Å²) in [6.45, 7) is 4.34. The maximum absolute atomic E-state index is 6.14. The molecule has 2 aromatic heterocycles. The van der Waals surface area contributed by atoms with Crippen LogP contribution in [0.25, 0.3) is 5.65 Å². The van der Waals surface area contributed by atoms with Gasteiger partial charge in [-0.1, -0.05) is 13.8 Å². The van der Waals surface area contributed by atoms with Gasteiger partial charge in [0.05, 0.1) is 18.4 Å². The first-order valence-corrected chi connectivity index (χ1v) is 7.43. The molecule has 0 unspecified atom stereocenters. The zero-order valence-corrected chi connectivity index (χ0v) is 12.2. The van der Waals surface area contributed by atoms with E-state index in [1.165, 1.54) is 18.4 Å². The van der Waals surface area contributed by atoms with E-state index in [2.05, 4.69) is 30.9 Å². The van der Waals surface area contributed by atoms with Crippen LogP contribution in [0.15, 0.2) is 12.4 Å². The Labute approximate surface area is 118 Å². The summed E-state index contributed by atoms with van der Waals surface area (Å²) in [6.07, 6.45) is 7.79. The molecule has 2 atom stereocenters. The highest BCUT2D eigenvalue weighted by molar-refractivity contribution is 5.61. The van der Waals surface area contributed by atoms with Gasteiger partial charge in [0.1, 0.15) is 6.10 Å². The number of anilines is 1. The molecule has 2 aromatic rings. The van der Waals surface area contributed by atoms with Crippen LogP contribution in [0.2, 0.25) is 0 Å². The number of ether oxygens (including phenoxy) is 1. The van der Waals surface area contributed by atoms with E-state index in [1.54, 1.807) is 0 Å². The molecular formula is C15H20N4O. The maximum Gasteiger partial charge on any atom is 0.180 e. The number of aromatic nitrogens is 3. The van der Waals surface area contributed by atoms with Crippen LogP contribution in [0.4, 0.5) is 5.82 Å². The number of hydrogen-bond donors (Lipinski definition) is 0. The Balaban J connectivity index is 1.88. The lowest BCUT2D eigenvalue weighted by Gasteiger charge is -2.36. The summed E-state index contributed by atoms with van der Waals surface area (Å²) in [5, 5.41) is 4.41. The van der Waals surface area contributed by atoms with E-state index in [4.69, 9.17) is 9.72 Å². The first-order chi connectivity index (χ1) is 9.65. The first-order valence-electron chi connectivity index (χ1n) is 7.43. The lowest BCUT2D eigenvalue weighted by molar-refractivity contribution is 0.172. The molecule has 0 N–H and O–H groups in total. The van der Waals surface area contributed by atoms with Crippen LogP contribution in [0, 0.1) is 0 Å². The number of fused-ring (bicyclic) bond motifs is 3. The van der Waals surface area contributed by atoms with Crippen molar-refractivity contribution in [3.05, 3.63) is 18.0 Å². The smallest absolute Gasteiger partial charge is 0.180 e. The second kappa shape index (κ2) is 4.11. The largest absolute Gasteiger partial charge is 0.483 e. The SMILES string of the molecule is CC(C)c1cnn2cc3c(nc12)N(C)[C@@H]1CCC[C@H]1O3. The second-order valence-corrected chi connectivity index (χ2v) is 6.22.